The average Bonchev–Trinajstić information content (AvgIpc) is 3.32. The van der Waals surface area contributed by atoms with Gasteiger partial charge in [-0.1, -0.05) is 30.3 Å². The second kappa shape index (κ2) is 7.87. The number of hydrogen-bond donors (Lipinski definition) is 1. The molecule has 6 nitrogen and oxygen atoms in total. The van der Waals surface area contributed by atoms with Crippen LogP contribution in [0.2, 0.25) is 0 Å². The third-order valence-corrected chi connectivity index (χ3v) is 6.21. The van der Waals surface area contributed by atoms with Gasteiger partial charge in [0.2, 0.25) is 0 Å². The molecule has 3 heterocycles. The second-order valence-corrected chi connectivity index (χ2v) is 8.11. The number of rotatable bonds is 5. The molecular formula is C20H16N4O2S2. The highest BCUT2D eigenvalue weighted by Crippen LogP contribution is 2.30. The number of amides is 1. The van der Waals surface area contributed by atoms with E-state index in [9.17, 15) is 9.59 Å². The molecule has 0 atom stereocenters. The quantitative estimate of drug-likeness (QED) is 0.405. The van der Waals surface area contributed by atoms with Crippen molar-refractivity contribution < 1.29 is 4.79 Å². The Balaban J connectivity index is 1.52. The average molecular weight is 409 g/mol. The number of nitrogens with zero attached hydrogens (tertiary/aromatic N) is 3. The number of aromatic nitrogens is 2. The van der Waals surface area contributed by atoms with Crippen LogP contribution in [0.5, 0.6) is 0 Å². The monoisotopic (exact) mass is 408 g/mol. The second-order valence-electron chi connectivity index (χ2n) is 6.13. The lowest BCUT2D eigenvalue weighted by Gasteiger charge is -2.03. The van der Waals surface area contributed by atoms with Crippen LogP contribution in [-0.2, 0) is 11.3 Å². The molecule has 0 saturated carbocycles. The van der Waals surface area contributed by atoms with Gasteiger partial charge in [-0.25, -0.2) is 10.4 Å². The third-order valence-electron chi connectivity index (χ3n) is 4.16. The molecule has 4 rings (SSSR count). The van der Waals surface area contributed by atoms with Gasteiger partial charge in [0.25, 0.3) is 11.5 Å². The van der Waals surface area contributed by atoms with Crippen molar-refractivity contribution in [3.63, 3.8) is 0 Å². The lowest BCUT2D eigenvalue weighted by Crippen LogP contribution is -2.29. The van der Waals surface area contributed by atoms with Crippen molar-refractivity contribution in [3.8, 4) is 10.4 Å². The molecule has 0 aliphatic rings. The van der Waals surface area contributed by atoms with Gasteiger partial charge in [-0.15, -0.1) is 22.7 Å². The normalized spacial score (nSPS) is 11.3. The number of aryl methyl sites for hydroxylation is 1. The van der Waals surface area contributed by atoms with Crippen molar-refractivity contribution in [2.24, 2.45) is 5.10 Å². The van der Waals surface area contributed by atoms with Crippen LogP contribution in [0.15, 0.2) is 64.1 Å². The van der Waals surface area contributed by atoms with Crippen molar-refractivity contribution in [1.29, 1.82) is 0 Å². The summed E-state index contributed by atoms with van der Waals surface area (Å²) in [6.45, 7) is 1.84. The lowest BCUT2D eigenvalue weighted by atomic mass is 10.2. The summed E-state index contributed by atoms with van der Waals surface area (Å²) in [6.07, 6.45) is 3.01. The molecule has 3 aromatic heterocycles. The Morgan fingerprint density at radius 3 is 2.86 bits per heavy atom. The maximum absolute atomic E-state index is 12.7. The fraction of sp³-hybridized carbons (Fsp3) is 0.100. The molecule has 1 N–H and O–H groups in total. The molecule has 8 heteroatoms. The topological polar surface area (TPSA) is 76.3 Å². The highest BCUT2D eigenvalue weighted by atomic mass is 32.1. The zero-order valence-electron chi connectivity index (χ0n) is 15.0. The molecule has 0 aliphatic heterocycles. The number of fused-ring (bicyclic) bond motifs is 1. The van der Waals surface area contributed by atoms with Crippen molar-refractivity contribution in [3.05, 3.63) is 75.0 Å². The van der Waals surface area contributed by atoms with E-state index in [4.69, 9.17) is 0 Å². The molecule has 0 bridgehead atoms. The van der Waals surface area contributed by atoms with Crippen molar-refractivity contribution >= 4 is 45.0 Å². The van der Waals surface area contributed by atoms with Gasteiger partial charge in [0.05, 0.1) is 17.9 Å². The first-order chi connectivity index (χ1) is 13.6. The van der Waals surface area contributed by atoms with Gasteiger partial charge in [-0.2, -0.15) is 5.10 Å². The summed E-state index contributed by atoms with van der Waals surface area (Å²) in [6, 6.07) is 13.6. The van der Waals surface area contributed by atoms with E-state index >= 15 is 0 Å². The minimum Gasteiger partial charge on any atom is -0.289 e. The number of hydrazone groups is 1. The Kier molecular flexibility index (Phi) is 5.14. The number of carbonyl (C=O) groups excluding carboxylic acids is 1. The van der Waals surface area contributed by atoms with Crippen molar-refractivity contribution in [2.45, 2.75) is 13.5 Å². The van der Waals surface area contributed by atoms with Gasteiger partial charge in [-0.3, -0.25) is 14.2 Å². The van der Waals surface area contributed by atoms with E-state index in [2.05, 4.69) is 15.5 Å². The van der Waals surface area contributed by atoms with Crippen LogP contribution >= 0.6 is 22.7 Å². The van der Waals surface area contributed by atoms with Crippen LogP contribution in [0.3, 0.4) is 0 Å². The maximum atomic E-state index is 12.7. The summed E-state index contributed by atoms with van der Waals surface area (Å²) in [4.78, 5) is 31.8. The summed E-state index contributed by atoms with van der Waals surface area (Å²) >= 11 is 3.00. The van der Waals surface area contributed by atoms with Gasteiger partial charge < -0.3 is 0 Å². The molecule has 140 valence electrons. The molecule has 0 unspecified atom stereocenters. The summed E-state index contributed by atoms with van der Waals surface area (Å²) < 4.78 is 1.30. The van der Waals surface area contributed by atoms with Crippen LogP contribution in [0.25, 0.3) is 20.7 Å². The van der Waals surface area contributed by atoms with Gasteiger partial charge >= 0.3 is 0 Å². The van der Waals surface area contributed by atoms with Gasteiger partial charge in [-0.05, 0) is 35.6 Å². The van der Waals surface area contributed by atoms with Crippen molar-refractivity contribution in [1.82, 2.24) is 15.0 Å². The molecule has 1 amide bonds. The maximum Gasteiger partial charge on any atom is 0.262 e. The minimum atomic E-state index is -0.382. The first kappa shape index (κ1) is 18.3. The SMILES string of the molecule is Cc1ccsc1/C=N\NC(=O)Cn1cnc2sc(-c3ccccc3)cc2c1=O. The van der Waals surface area contributed by atoms with E-state index < -0.39 is 0 Å². The largest absolute Gasteiger partial charge is 0.289 e. The zero-order valence-corrected chi connectivity index (χ0v) is 16.6. The molecule has 4 aromatic rings. The summed E-state index contributed by atoms with van der Waals surface area (Å²) in [5.74, 6) is -0.382. The number of hydrogen-bond acceptors (Lipinski definition) is 6. The molecule has 1 aromatic carbocycles. The van der Waals surface area contributed by atoms with Crippen LogP contribution < -0.4 is 11.0 Å². The first-order valence-electron chi connectivity index (χ1n) is 8.52. The van der Waals surface area contributed by atoms with E-state index in [1.807, 2.05) is 54.8 Å². The minimum absolute atomic E-state index is 0.140. The van der Waals surface area contributed by atoms with E-state index in [-0.39, 0.29) is 18.0 Å². The molecule has 0 saturated heterocycles. The Hall–Kier alpha value is -3.10. The Morgan fingerprint density at radius 2 is 2.11 bits per heavy atom. The van der Waals surface area contributed by atoms with Gasteiger partial charge in [0, 0.05) is 9.75 Å². The Morgan fingerprint density at radius 1 is 1.29 bits per heavy atom. The Labute approximate surface area is 168 Å². The Bertz CT molecular complexity index is 1220. The zero-order chi connectivity index (χ0) is 19.5. The fourth-order valence-corrected chi connectivity index (χ4v) is 4.47. The summed E-state index contributed by atoms with van der Waals surface area (Å²) in [5.41, 5.74) is 4.35. The fourth-order valence-electron chi connectivity index (χ4n) is 2.69. The first-order valence-corrected chi connectivity index (χ1v) is 10.2. The van der Waals surface area contributed by atoms with E-state index in [1.165, 1.54) is 22.2 Å². The molecular weight excluding hydrogens is 392 g/mol. The summed E-state index contributed by atoms with van der Waals surface area (Å²) in [7, 11) is 0. The molecule has 0 aliphatic carbocycles. The van der Waals surface area contributed by atoms with E-state index in [1.54, 1.807) is 17.6 Å². The van der Waals surface area contributed by atoms with Gasteiger partial charge in [0.1, 0.15) is 11.4 Å². The summed E-state index contributed by atoms with van der Waals surface area (Å²) in [5, 5.41) is 6.43. The standard InChI is InChI=1S/C20H16N4O2S2/c1-13-7-8-27-17(13)10-22-23-18(25)11-24-12-21-19-15(20(24)26)9-16(28-19)14-5-3-2-4-6-14/h2-10,12H,11H2,1H3,(H,23,25)/b22-10-. The molecule has 0 radical (unpaired) electrons. The van der Waals surface area contributed by atoms with E-state index in [0.29, 0.717) is 10.2 Å². The number of carbonyl (C=O) groups is 1. The predicted octanol–water partition coefficient (Wildman–Crippen LogP) is 3.65. The molecule has 28 heavy (non-hydrogen) atoms. The lowest BCUT2D eigenvalue weighted by molar-refractivity contribution is -0.121. The highest BCUT2D eigenvalue weighted by molar-refractivity contribution is 7.21. The van der Waals surface area contributed by atoms with Crippen LogP contribution in [-0.4, -0.2) is 21.7 Å². The van der Waals surface area contributed by atoms with E-state index in [0.717, 1.165) is 20.9 Å². The number of benzene rings is 1. The van der Waals surface area contributed by atoms with Crippen molar-refractivity contribution in [2.75, 3.05) is 0 Å². The highest BCUT2D eigenvalue weighted by Gasteiger charge is 2.12. The van der Waals surface area contributed by atoms with Gasteiger partial charge in [0.15, 0.2) is 0 Å². The predicted molar refractivity (Wildman–Crippen MR) is 114 cm³/mol. The van der Waals surface area contributed by atoms with Crippen LogP contribution in [0.1, 0.15) is 10.4 Å². The third kappa shape index (κ3) is 3.78. The van der Waals surface area contributed by atoms with Crippen LogP contribution in [0.4, 0.5) is 0 Å². The molecule has 0 fully saturated rings. The number of thiophene rings is 2. The smallest absolute Gasteiger partial charge is 0.262 e. The van der Waals surface area contributed by atoms with Crippen LogP contribution in [0, 0.1) is 6.92 Å². The number of nitrogens with one attached hydrogen (secondary N) is 1. The molecule has 0 spiro atoms.